The van der Waals surface area contributed by atoms with Crippen LogP contribution in [0.1, 0.15) is 5.56 Å². The quantitative estimate of drug-likeness (QED) is 0.811. The Labute approximate surface area is 115 Å². The third-order valence-electron chi connectivity index (χ3n) is 2.23. The summed E-state index contributed by atoms with van der Waals surface area (Å²) in [5, 5.41) is 8.56. The first kappa shape index (κ1) is 13.4. The molecule has 0 atom stereocenters. The molecule has 0 N–H and O–H groups in total. The molecule has 96 valence electrons. The van der Waals surface area contributed by atoms with E-state index in [0.717, 1.165) is 18.2 Å². The minimum absolute atomic E-state index is 0.183. The maximum atomic E-state index is 13.6. The molecule has 2 rings (SSSR count). The summed E-state index contributed by atoms with van der Waals surface area (Å²) in [5.41, 5.74) is -0.183. The second-order valence-corrected chi connectivity index (χ2v) is 4.47. The van der Waals surface area contributed by atoms with Gasteiger partial charge in [0, 0.05) is 4.47 Å². The number of nitriles is 1. The fourth-order valence-electron chi connectivity index (χ4n) is 1.39. The molecule has 0 aromatic heterocycles. The molecular weight excluding hydrogens is 323 g/mol. The number of benzene rings is 2. The van der Waals surface area contributed by atoms with E-state index < -0.39 is 23.2 Å². The molecule has 19 heavy (non-hydrogen) atoms. The summed E-state index contributed by atoms with van der Waals surface area (Å²) in [5.74, 6) is -3.98. The summed E-state index contributed by atoms with van der Waals surface area (Å²) in [7, 11) is 0. The number of hydrogen-bond acceptors (Lipinski definition) is 2. The van der Waals surface area contributed by atoms with E-state index in [1.807, 2.05) is 0 Å². The van der Waals surface area contributed by atoms with Crippen LogP contribution in [-0.2, 0) is 0 Å². The molecule has 0 saturated carbocycles. The zero-order chi connectivity index (χ0) is 14.0. The van der Waals surface area contributed by atoms with Crippen LogP contribution in [0.25, 0.3) is 0 Å². The predicted octanol–water partition coefficient (Wildman–Crippen LogP) is 4.53. The minimum Gasteiger partial charge on any atom is -0.448 e. The summed E-state index contributed by atoms with van der Waals surface area (Å²) in [6.07, 6.45) is 0. The van der Waals surface area contributed by atoms with E-state index in [4.69, 9.17) is 10.00 Å². The van der Waals surface area contributed by atoms with Gasteiger partial charge in [-0.1, -0.05) is 15.9 Å². The molecule has 0 aliphatic rings. The Balaban J connectivity index is 2.44. The fourth-order valence-corrected chi connectivity index (χ4v) is 1.73. The summed E-state index contributed by atoms with van der Waals surface area (Å²) in [4.78, 5) is 0. The van der Waals surface area contributed by atoms with Crippen molar-refractivity contribution in [3.8, 4) is 17.6 Å². The van der Waals surface area contributed by atoms with E-state index in [9.17, 15) is 13.2 Å². The third kappa shape index (κ3) is 2.88. The lowest BCUT2D eigenvalue weighted by Gasteiger charge is -2.09. The first-order chi connectivity index (χ1) is 9.01. The average molecular weight is 328 g/mol. The van der Waals surface area contributed by atoms with Gasteiger partial charge in [0.15, 0.2) is 29.0 Å². The molecule has 0 unspecified atom stereocenters. The summed E-state index contributed by atoms with van der Waals surface area (Å²) >= 11 is 3.09. The average Bonchev–Trinajstić information content (AvgIpc) is 2.37. The Kier molecular flexibility index (Phi) is 3.76. The summed E-state index contributed by atoms with van der Waals surface area (Å²) in [6.45, 7) is 0. The van der Waals surface area contributed by atoms with E-state index in [-0.39, 0.29) is 11.3 Å². The lowest BCUT2D eigenvalue weighted by molar-refractivity contribution is 0.387. The molecule has 0 bridgehead atoms. The molecule has 0 spiro atoms. The highest BCUT2D eigenvalue weighted by atomic mass is 79.9. The van der Waals surface area contributed by atoms with Gasteiger partial charge in [-0.15, -0.1) is 0 Å². The van der Waals surface area contributed by atoms with Crippen LogP contribution in [0.3, 0.4) is 0 Å². The summed E-state index contributed by atoms with van der Waals surface area (Å²) < 4.78 is 45.9. The second-order valence-electron chi connectivity index (χ2n) is 3.56. The van der Waals surface area contributed by atoms with Crippen LogP contribution >= 0.6 is 15.9 Å². The van der Waals surface area contributed by atoms with Gasteiger partial charge in [-0.3, -0.25) is 0 Å². The van der Waals surface area contributed by atoms with Gasteiger partial charge >= 0.3 is 0 Å². The van der Waals surface area contributed by atoms with Crippen LogP contribution in [0.15, 0.2) is 34.8 Å². The van der Waals surface area contributed by atoms with Gasteiger partial charge in [0.1, 0.15) is 0 Å². The molecule has 0 radical (unpaired) electrons. The maximum Gasteiger partial charge on any atom is 0.198 e. The van der Waals surface area contributed by atoms with Gasteiger partial charge in [-0.2, -0.15) is 5.26 Å². The number of hydrogen-bond donors (Lipinski definition) is 0. The fraction of sp³-hybridized carbons (Fsp3) is 0. The summed E-state index contributed by atoms with van der Waals surface area (Å²) in [6, 6.07) is 6.99. The molecule has 0 aliphatic heterocycles. The van der Waals surface area contributed by atoms with Crippen LogP contribution in [0.4, 0.5) is 13.2 Å². The monoisotopic (exact) mass is 327 g/mol. The third-order valence-corrected chi connectivity index (χ3v) is 2.73. The van der Waals surface area contributed by atoms with E-state index in [1.165, 1.54) is 12.1 Å². The first-order valence-electron chi connectivity index (χ1n) is 5.03. The van der Waals surface area contributed by atoms with Crippen molar-refractivity contribution in [1.82, 2.24) is 0 Å². The van der Waals surface area contributed by atoms with Crippen molar-refractivity contribution >= 4 is 15.9 Å². The van der Waals surface area contributed by atoms with Gasteiger partial charge in [0.25, 0.3) is 0 Å². The highest BCUT2D eigenvalue weighted by Gasteiger charge is 2.15. The van der Waals surface area contributed by atoms with Gasteiger partial charge < -0.3 is 4.74 Å². The molecule has 2 aromatic carbocycles. The first-order valence-corrected chi connectivity index (χ1v) is 5.82. The van der Waals surface area contributed by atoms with E-state index in [0.29, 0.717) is 4.47 Å². The van der Waals surface area contributed by atoms with Crippen molar-refractivity contribution in [2.75, 3.05) is 0 Å². The molecule has 0 saturated heterocycles. The predicted molar refractivity (Wildman–Crippen MR) is 65.2 cm³/mol. The number of nitrogens with zero attached hydrogens (tertiary/aromatic N) is 1. The van der Waals surface area contributed by atoms with Crippen LogP contribution in [0.5, 0.6) is 11.5 Å². The zero-order valence-electron chi connectivity index (χ0n) is 9.25. The molecule has 0 fully saturated rings. The molecule has 0 heterocycles. The highest BCUT2D eigenvalue weighted by Crippen LogP contribution is 2.31. The van der Waals surface area contributed by atoms with E-state index in [1.54, 1.807) is 6.07 Å². The van der Waals surface area contributed by atoms with Crippen molar-refractivity contribution < 1.29 is 17.9 Å². The van der Waals surface area contributed by atoms with Gasteiger partial charge in [-0.25, -0.2) is 13.2 Å². The molecular formula is C13H5BrF3NO. The maximum absolute atomic E-state index is 13.6. The van der Waals surface area contributed by atoms with Gasteiger partial charge in [0.05, 0.1) is 11.6 Å². The lowest BCUT2D eigenvalue weighted by Crippen LogP contribution is -1.96. The van der Waals surface area contributed by atoms with Crippen molar-refractivity contribution in [1.29, 1.82) is 5.26 Å². The van der Waals surface area contributed by atoms with Crippen LogP contribution in [0, 0.1) is 28.8 Å². The van der Waals surface area contributed by atoms with Gasteiger partial charge in [0.2, 0.25) is 0 Å². The Morgan fingerprint density at radius 3 is 2.21 bits per heavy atom. The van der Waals surface area contributed by atoms with Crippen molar-refractivity contribution in [3.63, 3.8) is 0 Å². The van der Waals surface area contributed by atoms with Crippen LogP contribution < -0.4 is 4.74 Å². The Bertz CT molecular complexity index is 659. The Morgan fingerprint density at radius 2 is 1.63 bits per heavy atom. The standard InChI is InChI=1S/C13H5BrF3NO/c14-8-1-2-9(15)12(5-8)19-13-10(16)3-7(6-18)4-11(13)17/h1-5H. The van der Waals surface area contributed by atoms with Crippen LogP contribution in [-0.4, -0.2) is 0 Å². The largest absolute Gasteiger partial charge is 0.448 e. The van der Waals surface area contributed by atoms with Crippen molar-refractivity contribution in [2.45, 2.75) is 0 Å². The Morgan fingerprint density at radius 1 is 1.00 bits per heavy atom. The van der Waals surface area contributed by atoms with E-state index in [2.05, 4.69) is 15.9 Å². The van der Waals surface area contributed by atoms with Crippen molar-refractivity contribution in [2.24, 2.45) is 0 Å². The van der Waals surface area contributed by atoms with Crippen LogP contribution in [0.2, 0.25) is 0 Å². The number of halogens is 4. The molecule has 0 aliphatic carbocycles. The Hall–Kier alpha value is -2.00. The molecule has 2 aromatic rings. The normalized spacial score (nSPS) is 10.1. The topological polar surface area (TPSA) is 33.0 Å². The van der Waals surface area contributed by atoms with Gasteiger partial charge in [-0.05, 0) is 30.3 Å². The molecule has 0 amide bonds. The number of ether oxygens (including phenoxy) is 1. The SMILES string of the molecule is N#Cc1cc(F)c(Oc2cc(Br)ccc2F)c(F)c1. The highest BCUT2D eigenvalue weighted by molar-refractivity contribution is 9.10. The smallest absolute Gasteiger partial charge is 0.198 e. The minimum atomic E-state index is -1.07. The molecule has 2 nitrogen and oxygen atoms in total. The lowest BCUT2D eigenvalue weighted by atomic mass is 10.2. The van der Waals surface area contributed by atoms with Crippen molar-refractivity contribution in [3.05, 3.63) is 57.8 Å². The number of rotatable bonds is 2. The zero-order valence-corrected chi connectivity index (χ0v) is 10.8. The second kappa shape index (κ2) is 5.33. The van der Waals surface area contributed by atoms with E-state index >= 15 is 0 Å². The molecule has 6 heteroatoms.